The summed E-state index contributed by atoms with van der Waals surface area (Å²) in [5.74, 6) is 1.96. The van der Waals surface area contributed by atoms with E-state index in [-0.39, 0.29) is 0 Å². The lowest BCUT2D eigenvalue weighted by Gasteiger charge is -2.33. The van der Waals surface area contributed by atoms with Crippen LogP contribution in [0, 0.1) is 6.92 Å². The van der Waals surface area contributed by atoms with E-state index < -0.39 is 0 Å². The molecule has 0 aliphatic carbocycles. The number of anilines is 1. The molecule has 15 heavy (non-hydrogen) atoms. The van der Waals surface area contributed by atoms with Gasteiger partial charge in [-0.25, -0.2) is 4.79 Å². The number of hydrogen-bond acceptors (Lipinski definition) is 2. The van der Waals surface area contributed by atoms with Gasteiger partial charge in [-0.15, -0.1) is 0 Å². The van der Waals surface area contributed by atoms with E-state index in [9.17, 15) is 4.79 Å². The van der Waals surface area contributed by atoms with Gasteiger partial charge in [-0.1, -0.05) is 31.5 Å². The van der Waals surface area contributed by atoms with Gasteiger partial charge in [0.15, 0.2) is 0 Å². The molecule has 1 saturated heterocycles. The third kappa shape index (κ3) is 2.48. The molecule has 80 valence electrons. The SMILES string of the molecule is CC.Cc1ccc(N2CCC2=C=O)cc1. The van der Waals surface area contributed by atoms with Crippen LogP contribution in [0.1, 0.15) is 25.8 Å². The Bertz CT molecular complexity index is 361. The van der Waals surface area contributed by atoms with Crippen LogP contribution in [0.4, 0.5) is 5.69 Å². The van der Waals surface area contributed by atoms with Crippen LogP contribution in [0.3, 0.4) is 0 Å². The van der Waals surface area contributed by atoms with E-state index in [0.717, 1.165) is 24.4 Å². The maximum absolute atomic E-state index is 10.4. The van der Waals surface area contributed by atoms with Crippen molar-refractivity contribution in [3.8, 4) is 0 Å². The molecule has 1 fully saturated rings. The third-order valence-electron chi connectivity index (χ3n) is 2.36. The second kappa shape index (κ2) is 5.38. The molecule has 1 aromatic rings. The third-order valence-corrected chi connectivity index (χ3v) is 2.36. The van der Waals surface area contributed by atoms with E-state index in [4.69, 9.17) is 0 Å². The predicted molar refractivity (Wildman–Crippen MR) is 63.7 cm³/mol. The molecule has 0 N–H and O–H groups in total. The van der Waals surface area contributed by atoms with Crippen molar-refractivity contribution in [1.82, 2.24) is 0 Å². The lowest BCUT2D eigenvalue weighted by atomic mass is 10.1. The highest BCUT2D eigenvalue weighted by atomic mass is 16.1. The van der Waals surface area contributed by atoms with Crippen molar-refractivity contribution in [3.05, 3.63) is 35.5 Å². The number of nitrogens with zero attached hydrogens (tertiary/aromatic N) is 1. The van der Waals surface area contributed by atoms with Crippen molar-refractivity contribution in [2.45, 2.75) is 27.2 Å². The Labute approximate surface area is 91.2 Å². The molecule has 2 heteroatoms. The van der Waals surface area contributed by atoms with Crippen molar-refractivity contribution < 1.29 is 4.79 Å². The van der Waals surface area contributed by atoms with Crippen LogP contribution < -0.4 is 4.90 Å². The van der Waals surface area contributed by atoms with Crippen molar-refractivity contribution in [3.63, 3.8) is 0 Å². The molecule has 2 nitrogen and oxygen atoms in total. The molecule has 0 spiro atoms. The van der Waals surface area contributed by atoms with E-state index in [1.54, 1.807) is 0 Å². The molecule has 0 radical (unpaired) electrons. The first-order valence-electron chi connectivity index (χ1n) is 5.39. The molecule has 0 bridgehead atoms. The zero-order valence-electron chi connectivity index (χ0n) is 9.58. The van der Waals surface area contributed by atoms with Gasteiger partial charge in [0, 0.05) is 18.7 Å². The minimum absolute atomic E-state index is 0.767. The number of hydrogen-bond donors (Lipinski definition) is 0. The van der Waals surface area contributed by atoms with Gasteiger partial charge in [0.05, 0.1) is 0 Å². The van der Waals surface area contributed by atoms with E-state index in [1.807, 2.05) is 36.8 Å². The summed E-state index contributed by atoms with van der Waals surface area (Å²) in [5, 5.41) is 0. The van der Waals surface area contributed by atoms with E-state index in [0.29, 0.717) is 0 Å². The summed E-state index contributed by atoms with van der Waals surface area (Å²) in [4.78, 5) is 12.4. The predicted octanol–water partition coefficient (Wildman–Crippen LogP) is 2.95. The molecule has 1 heterocycles. The molecule has 0 saturated carbocycles. The minimum atomic E-state index is 0.767. The zero-order valence-corrected chi connectivity index (χ0v) is 9.58. The first-order valence-corrected chi connectivity index (χ1v) is 5.39. The maximum Gasteiger partial charge on any atom is 0.146 e. The molecule has 0 atom stereocenters. The van der Waals surface area contributed by atoms with Crippen LogP contribution in [0.5, 0.6) is 0 Å². The molecule has 0 unspecified atom stereocenters. The molecule has 1 aliphatic rings. The standard InChI is InChI=1S/C11H11NO.C2H6/c1-9-2-4-10(5-3-9)12-7-6-11(12)8-13;1-2/h2-5H,6-7H2,1H3;1-2H3. The van der Waals surface area contributed by atoms with E-state index >= 15 is 0 Å². The first kappa shape index (κ1) is 11.5. The molecule has 1 aromatic carbocycles. The summed E-state index contributed by atoms with van der Waals surface area (Å²) in [5.41, 5.74) is 3.10. The lowest BCUT2D eigenvalue weighted by Crippen LogP contribution is -2.35. The lowest BCUT2D eigenvalue weighted by molar-refractivity contribution is 0.560. The van der Waals surface area contributed by atoms with Gasteiger partial charge in [0.1, 0.15) is 11.6 Å². The average molecular weight is 203 g/mol. The largest absolute Gasteiger partial charge is 0.335 e. The van der Waals surface area contributed by atoms with Gasteiger partial charge in [0.25, 0.3) is 0 Å². The molecular formula is C13H17NO. The van der Waals surface area contributed by atoms with Crippen LogP contribution in [-0.4, -0.2) is 12.5 Å². The monoisotopic (exact) mass is 203 g/mol. The quantitative estimate of drug-likeness (QED) is 0.654. The zero-order chi connectivity index (χ0) is 11.3. The normalized spacial score (nSPS) is 13.5. The van der Waals surface area contributed by atoms with Gasteiger partial charge >= 0.3 is 0 Å². The summed E-state index contributed by atoms with van der Waals surface area (Å²) < 4.78 is 0. The smallest absolute Gasteiger partial charge is 0.146 e. The van der Waals surface area contributed by atoms with Crippen LogP contribution in [-0.2, 0) is 4.79 Å². The van der Waals surface area contributed by atoms with Crippen LogP contribution >= 0.6 is 0 Å². The van der Waals surface area contributed by atoms with E-state index in [2.05, 4.69) is 19.1 Å². The highest BCUT2D eigenvalue weighted by Crippen LogP contribution is 2.27. The Balaban J connectivity index is 0.000000531. The van der Waals surface area contributed by atoms with Crippen LogP contribution in [0.15, 0.2) is 30.0 Å². The fraction of sp³-hybridized carbons (Fsp3) is 0.385. The summed E-state index contributed by atoms with van der Waals surface area (Å²) in [7, 11) is 0. The minimum Gasteiger partial charge on any atom is -0.335 e. The number of carbonyl (C=O) groups excluding carboxylic acids is 1. The second-order valence-corrected chi connectivity index (χ2v) is 3.29. The molecule has 1 aliphatic heterocycles. The topological polar surface area (TPSA) is 20.3 Å². The van der Waals surface area contributed by atoms with Crippen LogP contribution in [0.25, 0.3) is 0 Å². The second-order valence-electron chi connectivity index (χ2n) is 3.29. The van der Waals surface area contributed by atoms with Gasteiger partial charge < -0.3 is 4.90 Å². The molecule has 0 aromatic heterocycles. The van der Waals surface area contributed by atoms with Gasteiger partial charge in [-0.05, 0) is 19.1 Å². The highest BCUT2D eigenvalue weighted by Gasteiger charge is 2.22. The van der Waals surface area contributed by atoms with E-state index in [1.165, 1.54) is 5.56 Å². The van der Waals surface area contributed by atoms with Crippen LogP contribution in [0.2, 0.25) is 0 Å². The fourth-order valence-electron chi connectivity index (χ4n) is 1.45. The average Bonchev–Trinajstić information content (AvgIpc) is 2.23. The van der Waals surface area contributed by atoms with Crippen molar-refractivity contribution in [2.24, 2.45) is 0 Å². The Morgan fingerprint density at radius 1 is 1.20 bits per heavy atom. The van der Waals surface area contributed by atoms with Gasteiger partial charge in [-0.2, -0.15) is 0 Å². The van der Waals surface area contributed by atoms with Crippen molar-refractivity contribution in [2.75, 3.05) is 11.4 Å². The van der Waals surface area contributed by atoms with Gasteiger partial charge in [0.2, 0.25) is 0 Å². The molecule has 2 rings (SSSR count). The Morgan fingerprint density at radius 2 is 1.80 bits per heavy atom. The first-order chi connectivity index (χ1) is 7.31. The summed E-state index contributed by atoms with van der Waals surface area (Å²) >= 11 is 0. The fourth-order valence-corrected chi connectivity index (χ4v) is 1.45. The summed E-state index contributed by atoms with van der Waals surface area (Å²) in [6.45, 7) is 6.99. The number of rotatable bonds is 1. The van der Waals surface area contributed by atoms with Crippen molar-refractivity contribution in [1.29, 1.82) is 0 Å². The Kier molecular flexibility index (Phi) is 4.14. The molecular weight excluding hydrogens is 186 g/mol. The van der Waals surface area contributed by atoms with Gasteiger partial charge in [-0.3, -0.25) is 0 Å². The molecule has 0 amide bonds. The Hall–Kier alpha value is -1.53. The highest BCUT2D eigenvalue weighted by molar-refractivity contribution is 5.68. The van der Waals surface area contributed by atoms with Crippen molar-refractivity contribution >= 4 is 11.6 Å². The number of benzene rings is 1. The number of aryl methyl sites for hydroxylation is 1. The summed E-state index contributed by atoms with van der Waals surface area (Å²) in [6, 6.07) is 8.17. The summed E-state index contributed by atoms with van der Waals surface area (Å²) in [6.07, 6.45) is 0.859. The maximum atomic E-state index is 10.4. The Morgan fingerprint density at radius 3 is 2.20 bits per heavy atom.